The molecule has 78 valence electrons. The van der Waals surface area contributed by atoms with Crippen molar-refractivity contribution in [3.63, 3.8) is 0 Å². The Bertz CT molecular complexity index is 404. The number of aliphatic imine (C=N–C) groups is 1. The van der Waals surface area contributed by atoms with Crippen LogP contribution in [-0.2, 0) is 4.79 Å². The van der Waals surface area contributed by atoms with Crippen LogP contribution in [0.1, 0.15) is 12.5 Å². The Morgan fingerprint density at radius 1 is 1.33 bits per heavy atom. The third kappa shape index (κ3) is 3.33. The number of rotatable bonds is 3. The van der Waals surface area contributed by atoms with Crippen LogP contribution in [0.3, 0.4) is 0 Å². The summed E-state index contributed by atoms with van der Waals surface area (Å²) in [6, 6.07) is 7.34. The molecule has 0 aliphatic heterocycles. The van der Waals surface area contributed by atoms with E-state index in [2.05, 4.69) is 4.99 Å². The molecule has 0 spiro atoms. The minimum atomic E-state index is 0.644. The first-order valence-corrected chi connectivity index (χ1v) is 4.91. The van der Waals surface area contributed by atoms with Crippen LogP contribution in [-0.4, -0.2) is 19.0 Å². The molecule has 0 radical (unpaired) electrons. The van der Waals surface area contributed by atoms with E-state index in [1.54, 1.807) is 32.2 Å². The topological polar surface area (TPSA) is 29.4 Å². The molecule has 2 nitrogen and oxygen atoms in total. The molecule has 0 amide bonds. The zero-order valence-electron chi connectivity index (χ0n) is 8.70. The number of hydrogen-bond acceptors (Lipinski definition) is 2. The lowest BCUT2D eigenvalue weighted by Gasteiger charge is -2.01. The summed E-state index contributed by atoms with van der Waals surface area (Å²) in [6.07, 6.45) is 2.55. The largest absolute Gasteiger partial charge is 0.298 e. The second-order valence-corrected chi connectivity index (χ2v) is 3.56. The van der Waals surface area contributed by atoms with Crippen LogP contribution in [0.5, 0.6) is 0 Å². The smallest absolute Gasteiger partial charge is 0.145 e. The minimum Gasteiger partial charge on any atom is -0.298 e. The second kappa shape index (κ2) is 5.47. The summed E-state index contributed by atoms with van der Waals surface area (Å²) in [5.41, 5.74) is 2.37. The molecule has 0 aromatic heterocycles. The number of carbonyl (C=O) groups is 1. The van der Waals surface area contributed by atoms with Crippen LogP contribution in [0.15, 0.2) is 40.9 Å². The van der Waals surface area contributed by atoms with Gasteiger partial charge in [0.25, 0.3) is 0 Å². The van der Waals surface area contributed by atoms with Crippen LogP contribution >= 0.6 is 11.6 Å². The molecule has 0 fully saturated rings. The van der Waals surface area contributed by atoms with Crippen molar-refractivity contribution in [1.82, 2.24) is 0 Å². The number of allylic oxidation sites excluding steroid dienone is 2. The van der Waals surface area contributed by atoms with Gasteiger partial charge in [-0.3, -0.25) is 9.79 Å². The monoisotopic (exact) mass is 221 g/mol. The van der Waals surface area contributed by atoms with Crippen LogP contribution in [0.2, 0.25) is 5.02 Å². The van der Waals surface area contributed by atoms with Gasteiger partial charge >= 0.3 is 0 Å². The van der Waals surface area contributed by atoms with E-state index >= 15 is 0 Å². The summed E-state index contributed by atoms with van der Waals surface area (Å²) in [6.45, 7) is 1.74. The van der Waals surface area contributed by atoms with Crippen molar-refractivity contribution in [2.24, 2.45) is 4.99 Å². The molecule has 0 unspecified atom stereocenters. The van der Waals surface area contributed by atoms with E-state index < -0.39 is 0 Å². The van der Waals surface area contributed by atoms with E-state index in [9.17, 15) is 4.79 Å². The second-order valence-electron chi connectivity index (χ2n) is 3.12. The molecule has 0 aliphatic carbocycles. The number of nitrogens with zero attached hydrogens (tertiary/aromatic N) is 1. The number of halogens is 1. The van der Waals surface area contributed by atoms with Crippen LogP contribution in [0.4, 0.5) is 0 Å². The van der Waals surface area contributed by atoms with E-state index in [1.807, 2.05) is 12.1 Å². The normalized spacial score (nSPS) is 12.7. The molecule has 0 N–H and O–H groups in total. The third-order valence-electron chi connectivity index (χ3n) is 1.93. The molecule has 0 atom stereocenters. The Labute approximate surface area is 94.3 Å². The highest BCUT2D eigenvalue weighted by Crippen LogP contribution is 2.11. The summed E-state index contributed by atoms with van der Waals surface area (Å²) in [5.74, 6) is 0. The Morgan fingerprint density at radius 2 is 1.93 bits per heavy atom. The summed E-state index contributed by atoms with van der Waals surface area (Å²) in [7, 11) is 1.69. The molecule has 15 heavy (non-hydrogen) atoms. The van der Waals surface area contributed by atoms with Crippen molar-refractivity contribution >= 4 is 23.6 Å². The molecule has 0 bridgehead atoms. The van der Waals surface area contributed by atoms with E-state index in [0.29, 0.717) is 10.6 Å². The fraction of sp³-hybridized carbons (Fsp3) is 0.167. The first-order chi connectivity index (χ1) is 7.17. The molecule has 1 aromatic rings. The third-order valence-corrected chi connectivity index (χ3v) is 2.18. The highest BCUT2D eigenvalue weighted by molar-refractivity contribution is 6.30. The molecular formula is C12H12ClNO. The highest BCUT2D eigenvalue weighted by Gasteiger charge is 1.99. The Kier molecular flexibility index (Phi) is 4.25. The van der Waals surface area contributed by atoms with Gasteiger partial charge in [0.2, 0.25) is 0 Å². The maximum absolute atomic E-state index is 10.5. The molecule has 1 rings (SSSR count). The summed E-state index contributed by atoms with van der Waals surface area (Å²) in [4.78, 5) is 14.6. The van der Waals surface area contributed by atoms with Gasteiger partial charge in [-0.15, -0.1) is 0 Å². The van der Waals surface area contributed by atoms with Crippen molar-refractivity contribution < 1.29 is 4.79 Å². The molecule has 0 heterocycles. The average molecular weight is 222 g/mol. The lowest BCUT2D eigenvalue weighted by molar-refractivity contribution is -0.104. The molecule has 3 heteroatoms. The summed E-state index contributed by atoms with van der Waals surface area (Å²) >= 11 is 5.78. The number of benzene rings is 1. The maximum atomic E-state index is 10.5. The first-order valence-electron chi connectivity index (χ1n) is 4.53. The summed E-state index contributed by atoms with van der Waals surface area (Å²) in [5, 5.41) is 0.685. The van der Waals surface area contributed by atoms with Gasteiger partial charge in [-0.1, -0.05) is 23.7 Å². The Hall–Kier alpha value is -1.41. The minimum absolute atomic E-state index is 0.644. The zero-order valence-corrected chi connectivity index (χ0v) is 9.45. The SMILES string of the molecule is CN=C(/C=C(\C)C=O)c1ccc(Cl)cc1. The van der Waals surface area contributed by atoms with Gasteiger partial charge in [0.1, 0.15) is 6.29 Å². The van der Waals surface area contributed by atoms with Gasteiger partial charge in [0, 0.05) is 12.1 Å². The highest BCUT2D eigenvalue weighted by atomic mass is 35.5. The quantitative estimate of drug-likeness (QED) is 0.439. The molecule has 0 aliphatic rings. The standard InChI is InChI=1S/C12H12ClNO/c1-9(8-15)7-12(14-2)10-3-5-11(13)6-4-10/h3-8H,1-2H3/b9-7+,14-12?. The van der Waals surface area contributed by atoms with Crippen molar-refractivity contribution in [2.45, 2.75) is 6.92 Å². The fourth-order valence-electron chi connectivity index (χ4n) is 1.15. The lowest BCUT2D eigenvalue weighted by Crippen LogP contribution is -1.98. The summed E-state index contributed by atoms with van der Waals surface area (Å²) < 4.78 is 0. The van der Waals surface area contributed by atoms with E-state index in [0.717, 1.165) is 17.6 Å². The van der Waals surface area contributed by atoms with Crippen LogP contribution in [0, 0.1) is 0 Å². The van der Waals surface area contributed by atoms with E-state index in [4.69, 9.17) is 11.6 Å². The van der Waals surface area contributed by atoms with Crippen molar-refractivity contribution in [1.29, 1.82) is 0 Å². The van der Waals surface area contributed by atoms with Crippen molar-refractivity contribution in [2.75, 3.05) is 7.05 Å². The average Bonchev–Trinajstić information content (AvgIpc) is 2.27. The van der Waals surface area contributed by atoms with Gasteiger partial charge in [0.05, 0.1) is 5.71 Å². The number of carbonyl (C=O) groups excluding carboxylic acids is 1. The number of hydrogen-bond donors (Lipinski definition) is 0. The predicted octanol–water partition coefficient (Wildman–Crippen LogP) is 2.90. The zero-order chi connectivity index (χ0) is 11.3. The van der Waals surface area contributed by atoms with Crippen LogP contribution in [0.25, 0.3) is 0 Å². The Balaban J connectivity index is 3.04. The molecule has 1 aromatic carbocycles. The van der Waals surface area contributed by atoms with Gasteiger partial charge in [-0.05, 0) is 36.3 Å². The maximum Gasteiger partial charge on any atom is 0.145 e. The van der Waals surface area contributed by atoms with Crippen LogP contribution < -0.4 is 0 Å². The van der Waals surface area contributed by atoms with E-state index in [-0.39, 0.29) is 0 Å². The van der Waals surface area contributed by atoms with Crippen molar-refractivity contribution in [3.05, 3.63) is 46.5 Å². The van der Waals surface area contributed by atoms with Crippen molar-refractivity contribution in [3.8, 4) is 0 Å². The number of aldehydes is 1. The van der Waals surface area contributed by atoms with Gasteiger partial charge in [0.15, 0.2) is 0 Å². The Morgan fingerprint density at radius 3 is 2.40 bits per heavy atom. The lowest BCUT2D eigenvalue weighted by atomic mass is 10.1. The molecular weight excluding hydrogens is 210 g/mol. The van der Waals surface area contributed by atoms with Gasteiger partial charge in [-0.25, -0.2) is 0 Å². The molecule has 0 saturated heterocycles. The fourth-order valence-corrected chi connectivity index (χ4v) is 1.27. The molecule has 0 saturated carbocycles. The van der Waals surface area contributed by atoms with Gasteiger partial charge in [-0.2, -0.15) is 0 Å². The first kappa shape index (κ1) is 11.7. The van der Waals surface area contributed by atoms with E-state index in [1.165, 1.54) is 0 Å². The van der Waals surface area contributed by atoms with Gasteiger partial charge < -0.3 is 0 Å². The predicted molar refractivity (Wildman–Crippen MR) is 63.7 cm³/mol.